The number of amides is 3. The number of carbonyl (C=O) groups is 3. The lowest BCUT2D eigenvalue weighted by Gasteiger charge is -2.14. The van der Waals surface area contributed by atoms with Crippen LogP contribution in [0, 0.1) is 20.8 Å². The zero-order chi connectivity index (χ0) is 18.8. The first-order valence-corrected chi connectivity index (χ1v) is 9.65. The number of imide groups is 1. The van der Waals surface area contributed by atoms with Crippen molar-refractivity contribution >= 4 is 51.9 Å². The summed E-state index contributed by atoms with van der Waals surface area (Å²) in [6.07, 6.45) is 1.70. The Morgan fingerprint density at radius 1 is 1.15 bits per heavy atom. The van der Waals surface area contributed by atoms with Gasteiger partial charge in [-0.3, -0.25) is 19.3 Å². The van der Waals surface area contributed by atoms with Crippen molar-refractivity contribution in [1.82, 2.24) is 4.90 Å². The fourth-order valence-corrected chi connectivity index (χ4v) is 4.22. The van der Waals surface area contributed by atoms with E-state index in [0.717, 1.165) is 37.5 Å². The molecule has 7 heteroatoms. The summed E-state index contributed by atoms with van der Waals surface area (Å²) in [5.41, 5.74) is 2.63. The molecule has 0 unspecified atom stereocenters. The molecule has 5 nitrogen and oxygen atoms in total. The predicted octanol–water partition coefficient (Wildman–Crippen LogP) is 4.35. The monoisotopic (exact) mass is 386 g/mol. The third kappa shape index (κ3) is 4.05. The van der Waals surface area contributed by atoms with Gasteiger partial charge in [-0.2, -0.15) is 0 Å². The van der Waals surface area contributed by atoms with E-state index in [0.29, 0.717) is 10.6 Å². The minimum absolute atomic E-state index is 0.293. The fourth-order valence-electron chi connectivity index (χ4n) is 2.50. The SMILES string of the molecule is Cc1ccc(C)c(NC(=O)CN2C(=O)S/C(=C/c3ccc(C)s3)C2=O)c1. The van der Waals surface area contributed by atoms with Crippen LogP contribution in [0.5, 0.6) is 0 Å². The number of carbonyl (C=O) groups excluding carboxylic acids is 3. The predicted molar refractivity (Wildman–Crippen MR) is 106 cm³/mol. The Hall–Kier alpha value is -2.38. The summed E-state index contributed by atoms with van der Waals surface area (Å²) in [4.78, 5) is 40.3. The fraction of sp³-hybridized carbons (Fsp3) is 0.211. The molecule has 1 saturated heterocycles. The van der Waals surface area contributed by atoms with Gasteiger partial charge in [0.2, 0.25) is 5.91 Å². The van der Waals surface area contributed by atoms with Crippen molar-refractivity contribution in [3.63, 3.8) is 0 Å². The largest absolute Gasteiger partial charge is 0.324 e. The van der Waals surface area contributed by atoms with Crippen molar-refractivity contribution in [1.29, 1.82) is 0 Å². The van der Waals surface area contributed by atoms with E-state index in [2.05, 4.69) is 5.32 Å². The van der Waals surface area contributed by atoms with Crippen LogP contribution in [0.2, 0.25) is 0 Å². The number of thiophene rings is 1. The first-order valence-electron chi connectivity index (χ1n) is 8.02. The Labute approximate surface area is 160 Å². The van der Waals surface area contributed by atoms with Crippen LogP contribution >= 0.6 is 23.1 Å². The maximum Gasteiger partial charge on any atom is 0.294 e. The molecular weight excluding hydrogens is 368 g/mol. The molecule has 3 rings (SSSR count). The zero-order valence-electron chi connectivity index (χ0n) is 14.7. The molecule has 0 bridgehead atoms. The van der Waals surface area contributed by atoms with Gasteiger partial charge in [0.15, 0.2) is 0 Å². The van der Waals surface area contributed by atoms with Crippen LogP contribution in [0.1, 0.15) is 20.9 Å². The third-order valence-corrected chi connectivity index (χ3v) is 5.73. The first-order chi connectivity index (χ1) is 12.3. The van der Waals surface area contributed by atoms with Crippen molar-refractivity contribution in [2.24, 2.45) is 0 Å². The summed E-state index contributed by atoms with van der Waals surface area (Å²) >= 11 is 2.41. The quantitative estimate of drug-likeness (QED) is 0.794. The lowest BCUT2D eigenvalue weighted by atomic mass is 10.1. The number of benzene rings is 1. The Balaban J connectivity index is 1.70. The molecule has 1 N–H and O–H groups in total. The molecule has 0 saturated carbocycles. The lowest BCUT2D eigenvalue weighted by molar-refractivity contribution is -0.127. The van der Waals surface area contributed by atoms with Crippen LogP contribution in [0.3, 0.4) is 0 Å². The van der Waals surface area contributed by atoms with Gasteiger partial charge in [-0.05, 0) is 67.9 Å². The second-order valence-electron chi connectivity index (χ2n) is 6.08. The number of aryl methyl sites for hydroxylation is 3. The number of rotatable bonds is 4. The van der Waals surface area contributed by atoms with E-state index in [-0.39, 0.29) is 6.54 Å². The molecule has 1 aromatic carbocycles. The molecule has 0 atom stereocenters. The third-order valence-electron chi connectivity index (χ3n) is 3.88. The molecule has 0 aliphatic carbocycles. The summed E-state index contributed by atoms with van der Waals surface area (Å²) < 4.78 is 0. The van der Waals surface area contributed by atoms with E-state index >= 15 is 0 Å². The molecule has 1 fully saturated rings. The minimum Gasteiger partial charge on any atom is -0.324 e. The van der Waals surface area contributed by atoms with Crippen LogP contribution in [0.4, 0.5) is 10.5 Å². The van der Waals surface area contributed by atoms with E-state index in [9.17, 15) is 14.4 Å². The highest BCUT2D eigenvalue weighted by Gasteiger charge is 2.36. The Morgan fingerprint density at radius 3 is 2.62 bits per heavy atom. The number of nitrogens with one attached hydrogen (secondary N) is 1. The summed E-state index contributed by atoms with van der Waals surface area (Å²) in [5, 5.41) is 2.35. The Kier molecular flexibility index (Phi) is 5.29. The molecule has 2 heterocycles. The second kappa shape index (κ2) is 7.47. The van der Waals surface area contributed by atoms with Crippen LogP contribution < -0.4 is 5.32 Å². The molecule has 1 aliphatic rings. The number of nitrogens with zero attached hydrogens (tertiary/aromatic N) is 1. The molecule has 134 valence electrons. The first kappa shape index (κ1) is 18.4. The van der Waals surface area contributed by atoms with Crippen LogP contribution in [0.15, 0.2) is 35.2 Å². The van der Waals surface area contributed by atoms with Crippen molar-refractivity contribution in [3.05, 3.63) is 56.1 Å². The number of anilines is 1. The summed E-state index contributed by atoms with van der Waals surface area (Å²) in [5.74, 6) is -0.823. The average molecular weight is 386 g/mol. The van der Waals surface area contributed by atoms with Crippen molar-refractivity contribution in [2.45, 2.75) is 20.8 Å². The van der Waals surface area contributed by atoms with Crippen molar-refractivity contribution < 1.29 is 14.4 Å². The Morgan fingerprint density at radius 2 is 1.92 bits per heavy atom. The van der Waals surface area contributed by atoms with Gasteiger partial charge in [0.25, 0.3) is 11.1 Å². The van der Waals surface area contributed by atoms with Gasteiger partial charge < -0.3 is 5.32 Å². The van der Waals surface area contributed by atoms with Gasteiger partial charge >= 0.3 is 0 Å². The molecule has 3 amide bonds. The van der Waals surface area contributed by atoms with Crippen molar-refractivity contribution in [2.75, 3.05) is 11.9 Å². The highest BCUT2D eigenvalue weighted by molar-refractivity contribution is 8.18. The van der Waals surface area contributed by atoms with Crippen LogP contribution in [-0.4, -0.2) is 28.5 Å². The normalized spacial score (nSPS) is 15.8. The van der Waals surface area contributed by atoms with Gasteiger partial charge in [-0.25, -0.2) is 0 Å². The van der Waals surface area contributed by atoms with Gasteiger partial charge in [0, 0.05) is 15.4 Å². The summed E-state index contributed by atoms with van der Waals surface area (Å²) in [7, 11) is 0. The van der Waals surface area contributed by atoms with E-state index in [4.69, 9.17) is 0 Å². The number of hydrogen-bond acceptors (Lipinski definition) is 5. The second-order valence-corrected chi connectivity index (χ2v) is 8.40. The van der Waals surface area contributed by atoms with E-state index in [1.807, 2.05) is 51.1 Å². The molecule has 0 radical (unpaired) electrons. The molecule has 0 spiro atoms. The Bertz CT molecular complexity index is 931. The van der Waals surface area contributed by atoms with E-state index < -0.39 is 17.1 Å². The topological polar surface area (TPSA) is 66.5 Å². The van der Waals surface area contributed by atoms with E-state index in [1.54, 1.807) is 17.4 Å². The highest BCUT2D eigenvalue weighted by atomic mass is 32.2. The molecular formula is C19H18N2O3S2. The maximum absolute atomic E-state index is 12.5. The van der Waals surface area contributed by atoms with Crippen LogP contribution in [0.25, 0.3) is 6.08 Å². The molecule has 1 aromatic heterocycles. The minimum atomic E-state index is -0.429. The zero-order valence-corrected chi connectivity index (χ0v) is 16.3. The van der Waals surface area contributed by atoms with Crippen molar-refractivity contribution in [3.8, 4) is 0 Å². The molecule has 2 aromatic rings. The average Bonchev–Trinajstić information content (AvgIpc) is 3.09. The number of hydrogen-bond donors (Lipinski definition) is 1. The van der Waals surface area contributed by atoms with Gasteiger partial charge in [0.1, 0.15) is 6.54 Å². The summed E-state index contributed by atoms with van der Waals surface area (Å²) in [6.45, 7) is 5.51. The molecule has 1 aliphatic heterocycles. The highest BCUT2D eigenvalue weighted by Crippen LogP contribution is 2.33. The van der Waals surface area contributed by atoms with E-state index in [1.165, 1.54) is 0 Å². The van der Waals surface area contributed by atoms with Gasteiger partial charge in [-0.1, -0.05) is 12.1 Å². The van der Waals surface area contributed by atoms with Gasteiger partial charge in [-0.15, -0.1) is 11.3 Å². The van der Waals surface area contributed by atoms with Crippen LogP contribution in [-0.2, 0) is 9.59 Å². The standard InChI is InChI=1S/C19H18N2O3S2/c1-11-4-5-12(2)15(8-11)20-17(22)10-21-18(23)16(26-19(21)24)9-14-7-6-13(3)25-14/h4-9H,10H2,1-3H3,(H,20,22)/b16-9+. The summed E-state index contributed by atoms with van der Waals surface area (Å²) in [6, 6.07) is 9.59. The number of thioether (sulfide) groups is 1. The lowest BCUT2D eigenvalue weighted by Crippen LogP contribution is -2.36. The smallest absolute Gasteiger partial charge is 0.294 e. The van der Waals surface area contributed by atoms with Gasteiger partial charge in [0.05, 0.1) is 4.91 Å². The molecule has 26 heavy (non-hydrogen) atoms. The maximum atomic E-state index is 12.5.